The van der Waals surface area contributed by atoms with Crippen LogP contribution in [0.2, 0.25) is 0 Å². The predicted octanol–water partition coefficient (Wildman–Crippen LogP) is 1.05. The van der Waals surface area contributed by atoms with Crippen molar-refractivity contribution >= 4 is 15.5 Å². The van der Waals surface area contributed by atoms with Crippen molar-refractivity contribution < 1.29 is 13.2 Å². The van der Waals surface area contributed by atoms with Gasteiger partial charge in [-0.3, -0.25) is 0 Å². The molecule has 0 aliphatic carbocycles. The average molecular weight is 324 g/mol. The Hall–Kier alpha value is -1.11. The Labute approximate surface area is 132 Å². The van der Waals surface area contributed by atoms with Crippen LogP contribution in [0, 0.1) is 5.92 Å². The number of ether oxygens (including phenoxy) is 1. The summed E-state index contributed by atoms with van der Waals surface area (Å²) in [5, 5.41) is 3.38. The Balaban J connectivity index is 1.45. The van der Waals surface area contributed by atoms with Gasteiger partial charge in [-0.1, -0.05) is 12.1 Å². The maximum atomic E-state index is 11.4. The standard InChI is InChI=1S/C16H24N2O3S/c19-22(20)10-5-15(13-22)12-17-11-14-1-3-16(4-2-14)18-6-8-21-9-7-18/h1-4,15,17H,5-13H2/t15-/m0/s1. The topological polar surface area (TPSA) is 58.6 Å². The third kappa shape index (κ3) is 4.21. The van der Waals surface area contributed by atoms with E-state index in [1.165, 1.54) is 11.3 Å². The molecule has 2 aliphatic heterocycles. The Morgan fingerprint density at radius 3 is 2.55 bits per heavy atom. The number of nitrogens with one attached hydrogen (secondary N) is 1. The third-order valence-corrected chi connectivity index (χ3v) is 6.24. The van der Waals surface area contributed by atoms with Crippen molar-refractivity contribution in [3.8, 4) is 0 Å². The van der Waals surface area contributed by atoms with Crippen LogP contribution in [0.3, 0.4) is 0 Å². The molecule has 2 fully saturated rings. The summed E-state index contributed by atoms with van der Waals surface area (Å²) in [6, 6.07) is 8.59. The zero-order valence-electron chi connectivity index (χ0n) is 12.8. The molecule has 0 aromatic heterocycles. The molecule has 3 rings (SSSR count). The minimum absolute atomic E-state index is 0.276. The first-order chi connectivity index (χ1) is 10.6. The second-order valence-electron chi connectivity index (χ2n) is 6.17. The number of sulfone groups is 1. The smallest absolute Gasteiger partial charge is 0.150 e. The molecule has 22 heavy (non-hydrogen) atoms. The molecule has 0 spiro atoms. The number of hydrogen-bond acceptors (Lipinski definition) is 5. The van der Waals surface area contributed by atoms with Gasteiger partial charge in [-0.15, -0.1) is 0 Å². The molecule has 1 N–H and O–H groups in total. The molecule has 2 heterocycles. The summed E-state index contributed by atoms with van der Waals surface area (Å²) in [5.74, 6) is 0.974. The number of anilines is 1. The van der Waals surface area contributed by atoms with Crippen LogP contribution in [0.25, 0.3) is 0 Å². The largest absolute Gasteiger partial charge is 0.378 e. The van der Waals surface area contributed by atoms with Gasteiger partial charge in [-0.25, -0.2) is 8.42 Å². The van der Waals surface area contributed by atoms with E-state index in [9.17, 15) is 8.42 Å². The Morgan fingerprint density at radius 2 is 1.91 bits per heavy atom. The fourth-order valence-corrected chi connectivity index (χ4v) is 4.96. The summed E-state index contributed by atoms with van der Waals surface area (Å²) >= 11 is 0. The summed E-state index contributed by atoms with van der Waals surface area (Å²) in [6.45, 7) is 5.08. The van der Waals surface area contributed by atoms with Gasteiger partial charge in [0.15, 0.2) is 9.84 Å². The second-order valence-corrected chi connectivity index (χ2v) is 8.39. The van der Waals surface area contributed by atoms with Gasteiger partial charge in [0.25, 0.3) is 0 Å². The Bertz CT molecular complexity index is 580. The maximum Gasteiger partial charge on any atom is 0.150 e. The molecule has 1 atom stereocenters. The minimum Gasteiger partial charge on any atom is -0.378 e. The molecule has 0 bridgehead atoms. The van der Waals surface area contributed by atoms with Crippen molar-refractivity contribution in [2.45, 2.75) is 13.0 Å². The molecule has 1 aromatic carbocycles. The first-order valence-electron chi connectivity index (χ1n) is 7.95. The lowest BCUT2D eigenvalue weighted by molar-refractivity contribution is 0.122. The van der Waals surface area contributed by atoms with Gasteiger partial charge in [-0.2, -0.15) is 0 Å². The Kier molecular flexibility index (Phi) is 5.00. The molecule has 2 aliphatic rings. The summed E-state index contributed by atoms with van der Waals surface area (Å²) in [6.07, 6.45) is 0.797. The molecule has 122 valence electrons. The van der Waals surface area contributed by atoms with Crippen LogP contribution < -0.4 is 10.2 Å². The highest BCUT2D eigenvalue weighted by molar-refractivity contribution is 7.91. The van der Waals surface area contributed by atoms with Crippen molar-refractivity contribution in [2.24, 2.45) is 5.92 Å². The number of hydrogen-bond donors (Lipinski definition) is 1. The van der Waals surface area contributed by atoms with E-state index in [1.807, 2.05) is 0 Å². The molecule has 0 saturated carbocycles. The summed E-state index contributed by atoms with van der Waals surface area (Å²) in [5.41, 5.74) is 2.48. The normalized spacial score (nSPS) is 24.5. The monoisotopic (exact) mass is 324 g/mol. The van der Waals surface area contributed by atoms with Gasteiger partial charge < -0.3 is 15.0 Å². The van der Waals surface area contributed by atoms with Gasteiger partial charge in [0, 0.05) is 25.3 Å². The van der Waals surface area contributed by atoms with E-state index < -0.39 is 9.84 Å². The predicted molar refractivity (Wildman–Crippen MR) is 87.9 cm³/mol. The second kappa shape index (κ2) is 6.98. The van der Waals surface area contributed by atoms with Crippen molar-refractivity contribution in [2.75, 3.05) is 49.3 Å². The first kappa shape index (κ1) is 15.8. The molecule has 5 nitrogen and oxygen atoms in total. The highest BCUT2D eigenvalue weighted by Crippen LogP contribution is 2.18. The van der Waals surface area contributed by atoms with Crippen molar-refractivity contribution in [1.82, 2.24) is 5.32 Å². The lowest BCUT2D eigenvalue weighted by Gasteiger charge is -2.28. The summed E-state index contributed by atoms with van der Waals surface area (Å²) in [7, 11) is -2.76. The Morgan fingerprint density at radius 1 is 1.18 bits per heavy atom. The van der Waals surface area contributed by atoms with Crippen molar-refractivity contribution in [3.05, 3.63) is 29.8 Å². The van der Waals surface area contributed by atoms with Gasteiger partial charge in [0.05, 0.1) is 24.7 Å². The average Bonchev–Trinajstić information content (AvgIpc) is 2.88. The molecular formula is C16H24N2O3S. The molecule has 0 amide bonds. The number of morpholine rings is 1. The number of benzene rings is 1. The third-order valence-electron chi connectivity index (χ3n) is 4.40. The molecule has 6 heteroatoms. The van der Waals surface area contributed by atoms with Crippen LogP contribution in [0.1, 0.15) is 12.0 Å². The molecule has 1 aromatic rings. The van der Waals surface area contributed by atoms with Crippen molar-refractivity contribution in [1.29, 1.82) is 0 Å². The van der Waals surface area contributed by atoms with E-state index in [-0.39, 0.29) is 5.92 Å². The summed E-state index contributed by atoms with van der Waals surface area (Å²) < 4.78 is 28.2. The maximum absolute atomic E-state index is 11.4. The lowest BCUT2D eigenvalue weighted by atomic mass is 10.1. The summed E-state index contributed by atoms with van der Waals surface area (Å²) in [4.78, 5) is 2.34. The van der Waals surface area contributed by atoms with Gasteiger partial charge in [0.2, 0.25) is 0 Å². The molecule has 2 saturated heterocycles. The van der Waals surface area contributed by atoms with Crippen LogP contribution in [0.5, 0.6) is 0 Å². The van der Waals surface area contributed by atoms with Crippen LogP contribution >= 0.6 is 0 Å². The number of rotatable bonds is 5. The highest BCUT2D eigenvalue weighted by Gasteiger charge is 2.27. The van der Waals surface area contributed by atoms with Crippen LogP contribution in [-0.4, -0.2) is 52.8 Å². The zero-order valence-corrected chi connectivity index (χ0v) is 13.6. The quantitative estimate of drug-likeness (QED) is 0.877. The highest BCUT2D eigenvalue weighted by atomic mass is 32.2. The van der Waals surface area contributed by atoms with E-state index in [1.54, 1.807) is 0 Å². The molecule has 0 radical (unpaired) electrons. The van der Waals surface area contributed by atoms with Gasteiger partial charge in [-0.05, 0) is 36.6 Å². The van der Waals surface area contributed by atoms with Gasteiger partial charge in [0.1, 0.15) is 0 Å². The van der Waals surface area contributed by atoms with E-state index in [2.05, 4.69) is 34.5 Å². The fraction of sp³-hybridized carbons (Fsp3) is 0.625. The first-order valence-corrected chi connectivity index (χ1v) is 9.77. The lowest BCUT2D eigenvalue weighted by Crippen LogP contribution is -2.36. The fourth-order valence-electron chi connectivity index (χ4n) is 3.10. The van der Waals surface area contributed by atoms with Crippen LogP contribution in [0.15, 0.2) is 24.3 Å². The SMILES string of the molecule is O=S1(=O)CC[C@@H](CNCc2ccc(N3CCOCC3)cc2)C1. The van der Waals surface area contributed by atoms with Gasteiger partial charge >= 0.3 is 0 Å². The van der Waals surface area contributed by atoms with E-state index in [0.717, 1.165) is 45.8 Å². The molecule has 0 unspecified atom stereocenters. The number of nitrogens with zero attached hydrogens (tertiary/aromatic N) is 1. The minimum atomic E-state index is -2.76. The van der Waals surface area contributed by atoms with Crippen LogP contribution in [0.4, 0.5) is 5.69 Å². The zero-order chi connectivity index (χ0) is 15.4. The van der Waals surface area contributed by atoms with E-state index in [0.29, 0.717) is 11.5 Å². The van der Waals surface area contributed by atoms with E-state index in [4.69, 9.17) is 4.74 Å². The van der Waals surface area contributed by atoms with Crippen molar-refractivity contribution in [3.63, 3.8) is 0 Å². The molecular weight excluding hydrogens is 300 g/mol. The van der Waals surface area contributed by atoms with E-state index >= 15 is 0 Å². The van der Waals surface area contributed by atoms with Crippen LogP contribution in [-0.2, 0) is 21.1 Å².